The Morgan fingerprint density at radius 3 is 2.34 bits per heavy atom. The number of aryl methyl sites for hydroxylation is 1. The molecule has 0 aromatic heterocycles. The van der Waals surface area contributed by atoms with E-state index in [0.29, 0.717) is 17.0 Å². The molecule has 1 aliphatic rings. The highest BCUT2D eigenvalue weighted by molar-refractivity contribution is 9.10. The van der Waals surface area contributed by atoms with Crippen molar-refractivity contribution in [3.05, 3.63) is 99.0 Å². The second-order valence-electron chi connectivity index (χ2n) is 7.75. The van der Waals surface area contributed by atoms with Gasteiger partial charge in [0.25, 0.3) is 11.8 Å². The van der Waals surface area contributed by atoms with Crippen molar-refractivity contribution < 1.29 is 29.0 Å². The Hall–Kier alpha value is -4.24. The molecule has 1 saturated heterocycles. The van der Waals surface area contributed by atoms with Gasteiger partial charge in [0.15, 0.2) is 0 Å². The molecule has 1 heterocycles. The third-order valence-electron chi connectivity index (χ3n) is 5.30. The molecular formula is C26H19BrN2O6. The molecule has 0 spiro atoms. The van der Waals surface area contributed by atoms with Crippen LogP contribution in [0, 0.1) is 6.92 Å². The van der Waals surface area contributed by atoms with Crippen molar-refractivity contribution in [1.82, 2.24) is 5.32 Å². The van der Waals surface area contributed by atoms with Gasteiger partial charge in [0, 0.05) is 4.47 Å². The summed E-state index contributed by atoms with van der Waals surface area (Å²) in [5.74, 6) is -1.93. The van der Waals surface area contributed by atoms with E-state index < -0.39 is 23.8 Å². The lowest BCUT2D eigenvalue weighted by molar-refractivity contribution is -0.122. The molecule has 176 valence electrons. The Morgan fingerprint density at radius 2 is 1.71 bits per heavy atom. The number of anilines is 1. The average molecular weight is 535 g/mol. The van der Waals surface area contributed by atoms with Crippen LogP contribution in [0.4, 0.5) is 10.5 Å². The summed E-state index contributed by atoms with van der Waals surface area (Å²) in [4.78, 5) is 49.7. The summed E-state index contributed by atoms with van der Waals surface area (Å²) >= 11 is 3.39. The topological polar surface area (TPSA) is 113 Å². The van der Waals surface area contributed by atoms with Crippen LogP contribution in [0.1, 0.15) is 27.0 Å². The highest BCUT2D eigenvalue weighted by Crippen LogP contribution is 2.26. The van der Waals surface area contributed by atoms with Crippen molar-refractivity contribution in [3.63, 3.8) is 0 Å². The number of hydrogen-bond donors (Lipinski definition) is 2. The van der Waals surface area contributed by atoms with Crippen LogP contribution in [0.5, 0.6) is 5.75 Å². The second kappa shape index (κ2) is 9.94. The number of aromatic carboxylic acids is 1. The highest BCUT2D eigenvalue weighted by atomic mass is 79.9. The summed E-state index contributed by atoms with van der Waals surface area (Å²) in [6.45, 7) is 2.07. The number of halogens is 1. The van der Waals surface area contributed by atoms with Crippen molar-refractivity contribution in [2.24, 2.45) is 0 Å². The van der Waals surface area contributed by atoms with Crippen molar-refractivity contribution in [1.29, 1.82) is 0 Å². The number of rotatable bonds is 6. The summed E-state index contributed by atoms with van der Waals surface area (Å²) in [6.07, 6.45) is 1.41. The lowest BCUT2D eigenvalue weighted by Gasteiger charge is -2.26. The minimum Gasteiger partial charge on any atom is -0.489 e. The maximum atomic E-state index is 13.0. The first-order chi connectivity index (χ1) is 16.7. The molecule has 0 unspecified atom stereocenters. The van der Waals surface area contributed by atoms with Gasteiger partial charge in [0.2, 0.25) is 0 Å². The van der Waals surface area contributed by atoms with Crippen LogP contribution >= 0.6 is 15.9 Å². The zero-order valence-electron chi connectivity index (χ0n) is 18.4. The Labute approximate surface area is 209 Å². The highest BCUT2D eigenvalue weighted by Gasteiger charge is 2.36. The number of urea groups is 1. The number of imide groups is 2. The van der Waals surface area contributed by atoms with E-state index in [-0.39, 0.29) is 17.7 Å². The van der Waals surface area contributed by atoms with Gasteiger partial charge in [-0.3, -0.25) is 14.9 Å². The summed E-state index contributed by atoms with van der Waals surface area (Å²) in [6, 6.07) is 17.3. The summed E-state index contributed by atoms with van der Waals surface area (Å²) in [5.41, 5.74) is 2.59. The van der Waals surface area contributed by atoms with Gasteiger partial charge >= 0.3 is 12.0 Å². The van der Waals surface area contributed by atoms with Gasteiger partial charge in [0.05, 0.1) is 11.3 Å². The first kappa shape index (κ1) is 23.9. The normalized spacial score (nSPS) is 14.7. The summed E-state index contributed by atoms with van der Waals surface area (Å²) in [7, 11) is 0. The fraction of sp³-hybridized carbons (Fsp3) is 0.0769. The fourth-order valence-corrected chi connectivity index (χ4v) is 3.64. The Morgan fingerprint density at radius 1 is 1.03 bits per heavy atom. The zero-order valence-corrected chi connectivity index (χ0v) is 20.0. The Bertz CT molecular complexity index is 1360. The van der Waals surface area contributed by atoms with Gasteiger partial charge in [-0.1, -0.05) is 40.2 Å². The number of carboxylic acid groups (broad SMARTS) is 1. The third kappa shape index (κ3) is 5.30. The molecule has 3 aromatic carbocycles. The zero-order chi connectivity index (χ0) is 25.1. The second-order valence-corrected chi connectivity index (χ2v) is 8.61. The van der Waals surface area contributed by atoms with Gasteiger partial charge in [-0.15, -0.1) is 0 Å². The molecule has 0 radical (unpaired) electrons. The maximum Gasteiger partial charge on any atom is 0.335 e. The molecule has 8 nitrogen and oxygen atoms in total. The van der Waals surface area contributed by atoms with Crippen LogP contribution in [0.25, 0.3) is 6.08 Å². The maximum absolute atomic E-state index is 13.0. The fourth-order valence-electron chi connectivity index (χ4n) is 3.40. The van der Waals surface area contributed by atoms with Crippen molar-refractivity contribution >= 4 is 51.5 Å². The third-order valence-corrected chi connectivity index (χ3v) is 6.19. The monoisotopic (exact) mass is 534 g/mol. The predicted molar refractivity (Wildman–Crippen MR) is 132 cm³/mol. The van der Waals surface area contributed by atoms with E-state index in [1.54, 1.807) is 54.6 Å². The quantitative estimate of drug-likeness (QED) is 0.350. The van der Waals surface area contributed by atoms with E-state index in [9.17, 15) is 19.2 Å². The first-order valence-corrected chi connectivity index (χ1v) is 11.2. The molecule has 0 bridgehead atoms. The van der Waals surface area contributed by atoms with E-state index in [2.05, 4.69) is 21.2 Å². The molecule has 3 aromatic rings. The number of carbonyl (C=O) groups is 4. The van der Waals surface area contributed by atoms with Gasteiger partial charge in [-0.25, -0.2) is 14.5 Å². The van der Waals surface area contributed by atoms with Gasteiger partial charge in [-0.2, -0.15) is 0 Å². The van der Waals surface area contributed by atoms with E-state index in [0.717, 1.165) is 20.5 Å². The lowest BCUT2D eigenvalue weighted by atomic mass is 10.1. The van der Waals surface area contributed by atoms with Gasteiger partial charge in [0.1, 0.15) is 17.9 Å². The minimum atomic E-state index is -0.994. The number of carboxylic acids is 1. The summed E-state index contributed by atoms with van der Waals surface area (Å²) in [5, 5.41) is 11.2. The molecule has 2 N–H and O–H groups in total. The SMILES string of the molecule is Cc1cc(N2C(=O)NC(=O)/C(=C/c3ccc(OCc4ccc(C(=O)O)cc4)cc3)C2=O)ccc1Br. The molecule has 0 aliphatic carbocycles. The largest absolute Gasteiger partial charge is 0.489 e. The number of amides is 4. The van der Waals surface area contributed by atoms with Crippen molar-refractivity contribution in [3.8, 4) is 5.75 Å². The van der Waals surface area contributed by atoms with Crippen LogP contribution in [0.2, 0.25) is 0 Å². The molecule has 0 atom stereocenters. The van der Waals surface area contributed by atoms with Gasteiger partial charge < -0.3 is 9.84 Å². The number of carbonyl (C=O) groups excluding carboxylic acids is 3. The van der Waals surface area contributed by atoms with Crippen LogP contribution < -0.4 is 15.0 Å². The number of ether oxygens (including phenoxy) is 1. The standard InChI is InChI=1S/C26H19BrN2O6/c1-15-12-19(8-11-22(15)27)29-24(31)21(23(30)28-26(29)34)13-16-4-9-20(10-5-16)35-14-17-2-6-18(7-3-17)25(32)33/h2-13H,14H2,1H3,(H,32,33)(H,28,30,34)/b21-13-. The van der Waals surface area contributed by atoms with E-state index >= 15 is 0 Å². The number of benzene rings is 3. The Kier molecular flexibility index (Phi) is 6.79. The molecular weight excluding hydrogens is 516 g/mol. The van der Waals surface area contributed by atoms with Crippen molar-refractivity contribution in [2.45, 2.75) is 13.5 Å². The van der Waals surface area contributed by atoms with Crippen LogP contribution in [0.3, 0.4) is 0 Å². The molecule has 1 fully saturated rings. The first-order valence-electron chi connectivity index (χ1n) is 10.5. The number of barbiturate groups is 1. The lowest BCUT2D eigenvalue weighted by Crippen LogP contribution is -2.54. The minimum absolute atomic E-state index is 0.169. The Balaban J connectivity index is 1.49. The molecule has 35 heavy (non-hydrogen) atoms. The van der Waals surface area contributed by atoms with Crippen LogP contribution in [-0.2, 0) is 16.2 Å². The molecule has 4 amide bonds. The number of nitrogens with zero attached hydrogens (tertiary/aromatic N) is 1. The average Bonchev–Trinajstić information content (AvgIpc) is 2.83. The molecule has 0 saturated carbocycles. The van der Waals surface area contributed by atoms with E-state index in [1.807, 2.05) is 6.92 Å². The predicted octanol–water partition coefficient (Wildman–Crippen LogP) is 4.70. The number of hydrogen-bond acceptors (Lipinski definition) is 5. The van der Waals surface area contributed by atoms with Crippen LogP contribution in [-0.4, -0.2) is 28.9 Å². The van der Waals surface area contributed by atoms with Gasteiger partial charge in [-0.05, 0) is 72.2 Å². The smallest absolute Gasteiger partial charge is 0.335 e. The molecule has 1 aliphatic heterocycles. The number of nitrogens with one attached hydrogen (secondary N) is 1. The molecule has 9 heteroatoms. The van der Waals surface area contributed by atoms with E-state index in [4.69, 9.17) is 9.84 Å². The van der Waals surface area contributed by atoms with Crippen molar-refractivity contribution in [2.75, 3.05) is 4.90 Å². The van der Waals surface area contributed by atoms with E-state index in [1.165, 1.54) is 18.2 Å². The summed E-state index contributed by atoms with van der Waals surface area (Å²) < 4.78 is 6.55. The molecule has 4 rings (SSSR count). The van der Waals surface area contributed by atoms with Crippen LogP contribution in [0.15, 0.2) is 76.8 Å².